The number of nitrogens with one attached hydrogen (secondary N) is 1. The van der Waals surface area contributed by atoms with Gasteiger partial charge < -0.3 is 14.8 Å². The number of nitrogens with zero attached hydrogens (tertiary/aromatic N) is 2. The molecule has 0 aromatic carbocycles. The molecule has 0 unspecified atom stereocenters. The highest BCUT2D eigenvalue weighted by Crippen LogP contribution is 2.14. The lowest BCUT2D eigenvalue weighted by atomic mass is 10.1. The highest BCUT2D eigenvalue weighted by atomic mass is 16.5. The minimum atomic E-state index is -0.169. The Bertz CT molecular complexity index is 342. The first-order valence-electron chi connectivity index (χ1n) is 5.82. The topological polar surface area (TPSA) is 56.3 Å². The molecular formula is C12H21N3O2. The van der Waals surface area contributed by atoms with Crippen LogP contribution < -0.4 is 10.1 Å². The molecule has 1 heterocycles. The molecule has 0 spiro atoms. The maximum atomic E-state index is 5.56. The minimum Gasteiger partial charge on any atom is -0.477 e. The predicted octanol–water partition coefficient (Wildman–Crippen LogP) is 2.10. The monoisotopic (exact) mass is 239 g/mol. The molecule has 0 aliphatic carbocycles. The maximum absolute atomic E-state index is 5.56. The van der Waals surface area contributed by atoms with Gasteiger partial charge in [0.2, 0.25) is 11.8 Å². The van der Waals surface area contributed by atoms with Crippen LogP contribution in [0.1, 0.15) is 27.2 Å². The van der Waals surface area contributed by atoms with Crippen molar-refractivity contribution in [2.45, 2.75) is 32.8 Å². The molecule has 0 saturated carbocycles. The molecule has 0 saturated heterocycles. The molecule has 5 nitrogen and oxygen atoms in total. The van der Waals surface area contributed by atoms with Gasteiger partial charge in [-0.2, -0.15) is 4.98 Å². The number of rotatable bonds is 7. The van der Waals surface area contributed by atoms with E-state index in [1.165, 1.54) is 0 Å². The smallest absolute Gasteiger partial charge is 0.225 e. The summed E-state index contributed by atoms with van der Waals surface area (Å²) in [6.45, 7) is 7.42. The number of methoxy groups -OCH3 is 1. The summed E-state index contributed by atoms with van der Waals surface area (Å²) in [7, 11) is 1.70. The van der Waals surface area contributed by atoms with Gasteiger partial charge in [0.15, 0.2) is 0 Å². The van der Waals surface area contributed by atoms with Crippen LogP contribution in [0.4, 0.5) is 5.95 Å². The number of ether oxygens (including phenoxy) is 2. The molecule has 0 aliphatic heterocycles. The van der Waals surface area contributed by atoms with E-state index in [-0.39, 0.29) is 5.60 Å². The van der Waals surface area contributed by atoms with Crippen molar-refractivity contribution < 1.29 is 9.47 Å². The molecule has 5 heteroatoms. The molecular weight excluding hydrogens is 218 g/mol. The molecule has 0 fully saturated rings. The van der Waals surface area contributed by atoms with Crippen LogP contribution in [0, 0.1) is 0 Å². The molecule has 0 aliphatic rings. The average Bonchev–Trinajstić information content (AvgIpc) is 2.30. The van der Waals surface area contributed by atoms with Gasteiger partial charge in [-0.25, -0.2) is 4.98 Å². The van der Waals surface area contributed by atoms with Crippen LogP contribution >= 0.6 is 0 Å². The molecule has 96 valence electrons. The van der Waals surface area contributed by atoms with Crippen LogP contribution in [0.3, 0.4) is 0 Å². The van der Waals surface area contributed by atoms with Crippen molar-refractivity contribution in [2.75, 3.05) is 25.6 Å². The molecule has 17 heavy (non-hydrogen) atoms. The lowest BCUT2D eigenvalue weighted by Gasteiger charge is -2.22. The lowest BCUT2D eigenvalue weighted by Crippen LogP contribution is -2.25. The molecule has 1 aromatic heterocycles. The third-order valence-electron chi connectivity index (χ3n) is 2.47. The number of hydrogen-bond donors (Lipinski definition) is 1. The molecule has 1 aromatic rings. The quantitative estimate of drug-likeness (QED) is 0.789. The standard InChI is InChI=1S/C12H21N3O2/c1-5-13-11-14-8-6-10(15-11)17-9-7-12(2,3)16-4/h6,8H,5,7,9H2,1-4H3,(H,13,14,15). The van der Waals surface area contributed by atoms with Crippen molar-refractivity contribution >= 4 is 5.95 Å². The first-order chi connectivity index (χ1) is 8.07. The molecule has 1 N–H and O–H groups in total. The van der Waals surface area contributed by atoms with Gasteiger partial charge in [0.1, 0.15) is 0 Å². The second-order valence-electron chi connectivity index (χ2n) is 4.31. The van der Waals surface area contributed by atoms with E-state index in [2.05, 4.69) is 15.3 Å². The summed E-state index contributed by atoms with van der Waals surface area (Å²) in [6.07, 6.45) is 2.49. The van der Waals surface area contributed by atoms with E-state index in [0.29, 0.717) is 18.4 Å². The van der Waals surface area contributed by atoms with E-state index < -0.39 is 0 Å². The van der Waals surface area contributed by atoms with Crippen molar-refractivity contribution in [1.29, 1.82) is 0 Å². The Hall–Kier alpha value is -1.36. The fourth-order valence-corrected chi connectivity index (χ4v) is 1.17. The summed E-state index contributed by atoms with van der Waals surface area (Å²) < 4.78 is 10.9. The van der Waals surface area contributed by atoms with E-state index in [0.717, 1.165) is 13.0 Å². The Morgan fingerprint density at radius 3 is 2.82 bits per heavy atom. The highest BCUT2D eigenvalue weighted by Gasteiger charge is 2.16. The van der Waals surface area contributed by atoms with E-state index in [4.69, 9.17) is 9.47 Å². The zero-order chi connectivity index (χ0) is 12.7. The molecule has 0 bridgehead atoms. The number of aromatic nitrogens is 2. The predicted molar refractivity (Wildman–Crippen MR) is 67.4 cm³/mol. The van der Waals surface area contributed by atoms with Crippen molar-refractivity contribution in [3.63, 3.8) is 0 Å². The minimum absolute atomic E-state index is 0.169. The van der Waals surface area contributed by atoms with Gasteiger partial charge in [-0.3, -0.25) is 0 Å². The Kier molecular flexibility index (Phi) is 5.15. The third-order valence-corrected chi connectivity index (χ3v) is 2.47. The van der Waals surface area contributed by atoms with Crippen LogP contribution in [-0.2, 0) is 4.74 Å². The Morgan fingerprint density at radius 1 is 1.41 bits per heavy atom. The molecule has 0 amide bonds. The van der Waals surface area contributed by atoms with Crippen LogP contribution in [0.25, 0.3) is 0 Å². The second-order valence-corrected chi connectivity index (χ2v) is 4.31. The fourth-order valence-electron chi connectivity index (χ4n) is 1.17. The summed E-state index contributed by atoms with van der Waals surface area (Å²) in [6, 6.07) is 1.75. The van der Waals surface area contributed by atoms with E-state index in [9.17, 15) is 0 Å². The highest BCUT2D eigenvalue weighted by molar-refractivity contribution is 5.26. The molecule has 0 atom stereocenters. The fraction of sp³-hybridized carbons (Fsp3) is 0.667. The zero-order valence-electron chi connectivity index (χ0n) is 11.0. The van der Waals surface area contributed by atoms with Gasteiger partial charge in [0.25, 0.3) is 0 Å². The van der Waals surface area contributed by atoms with E-state index in [1.54, 1.807) is 19.4 Å². The average molecular weight is 239 g/mol. The van der Waals surface area contributed by atoms with Gasteiger partial charge in [-0.15, -0.1) is 0 Å². The van der Waals surface area contributed by atoms with Crippen LogP contribution in [0.2, 0.25) is 0 Å². The van der Waals surface area contributed by atoms with E-state index >= 15 is 0 Å². The molecule has 0 radical (unpaired) electrons. The number of hydrogen-bond acceptors (Lipinski definition) is 5. The van der Waals surface area contributed by atoms with Crippen LogP contribution in [0.5, 0.6) is 5.88 Å². The van der Waals surface area contributed by atoms with Gasteiger partial charge in [0.05, 0.1) is 12.2 Å². The second kappa shape index (κ2) is 6.39. The maximum Gasteiger partial charge on any atom is 0.225 e. The first kappa shape index (κ1) is 13.7. The Morgan fingerprint density at radius 2 is 2.18 bits per heavy atom. The lowest BCUT2D eigenvalue weighted by molar-refractivity contribution is 0.00509. The van der Waals surface area contributed by atoms with Gasteiger partial charge in [0, 0.05) is 32.3 Å². The van der Waals surface area contributed by atoms with Crippen molar-refractivity contribution in [3.8, 4) is 5.88 Å². The van der Waals surface area contributed by atoms with Gasteiger partial charge >= 0.3 is 0 Å². The summed E-state index contributed by atoms with van der Waals surface area (Å²) in [5.74, 6) is 1.18. The first-order valence-corrected chi connectivity index (χ1v) is 5.82. The van der Waals surface area contributed by atoms with Gasteiger partial charge in [-0.1, -0.05) is 0 Å². The Balaban J connectivity index is 2.44. The Labute approximate surface area is 103 Å². The normalized spacial score (nSPS) is 11.3. The summed E-state index contributed by atoms with van der Waals surface area (Å²) >= 11 is 0. The number of anilines is 1. The van der Waals surface area contributed by atoms with Crippen LogP contribution in [-0.4, -0.2) is 35.8 Å². The largest absolute Gasteiger partial charge is 0.477 e. The zero-order valence-corrected chi connectivity index (χ0v) is 11.0. The van der Waals surface area contributed by atoms with Crippen molar-refractivity contribution in [3.05, 3.63) is 12.3 Å². The van der Waals surface area contributed by atoms with Crippen molar-refractivity contribution in [2.24, 2.45) is 0 Å². The van der Waals surface area contributed by atoms with Crippen LogP contribution in [0.15, 0.2) is 12.3 Å². The van der Waals surface area contributed by atoms with Gasteiger partial charge in [-0.05, 0) is 20.8 Å². The third kappa shape index (κ3) is 4.99. The SMILES string of the molecule is CCNc1nccc(OCCC(C)(C)OC)n1. The van der Waals surface area contributed by atoms with Crippen molar-refractivity contribution in [1.82, 2.24) is 9.97 Å². The molecule has 1 rings (SSSR count). The summed E-state index contributed by atoms with van der Waals surface area (Å²) in [5.41, 5.74) is -0.169. The summed E-state index contributed by atoms with van der Waals surface area (Å²) in [5, 5.41) is 3.04. The summed E-state index contributed by atoms with van der Waals surface area (Å²) in [4.78, 5) is 8.30. The van der Waals surface area contributed by atoms with E-state index in [1.807, 2.05) is 20.8 Å².